The Morgan fingerprint density at radius 2 is 1.76 bits per heavy atom. The van der Waals surface area contributed by atoms with Gasteiger partial charge in [-0.25, -0.2) is 26.6 Å². The lowest BCUT2D eigenvalue weighted by Crippen LogP contribution is -2.46. The third-order valence-corrected chi connectivity index (χ3v) is 15.5. The van der Waals surface area contributed by atoms with Gasteiger partial charge in [-0.05, 0) is 106 Å². The number of benzene rings is 3. The number of nitrogens with one attached hydrogen (secondary N) is 2. The molecule has 4 N–H and O–H groups in total. The van der Waals surface area contributed by atoms with E-state index < -0.39 is 43.5 Å². The SMILES string of the molecule is Cc1cc(C2Oc3ccc(NC4C(c5ncccc5CN(C)c5ccc(NS(=O)(=O)C6CCS(=O)(=O)C6)cc5)=NC5=CC=CC(C)N54)cc3O2)c(C)n1-c1ccc(O)c(C(=O)O)c1. The van der Waals surface area contributed by atoms with Crippen LogP contribution in [0.1, 0.15) is 58.2 Å². The molecule has 0 radical (unpaired) electrons. The highest BCUT2D eigenvalue weighted by molar-refractivity contribution is 7.97. The molecule has 326 valence electrons. The van der Waals surface area contributed by atoms with Crippen LogP contribution in [0, 0.1) is 13.8 Å². The smallest absolute Gasteiger partial charge is 0.339 e. The number of carboxylic acid groups (broad SMARTS) is 1. The third kappa shape index (κ3) is 7.95. The second-order valence-corrected chi connectivity index (χ2v) is 20.3. The number of aromatic nitrogens is 2. The number of sulfone groups is 1. The van der Waals surface area contributed by atoms with Crippen molar-refractivity contribution in [2.24, 2.45) is 4.99 Å². The summed E-state index contributed by atoms with van der Waals surface area (Å²) < 4.78 is 66.9. The summed E-state index contributed by atoms with van der Waals surface area (Å²) in [7, 11) is -5.30. The Bertz CT molecular complexity index is 2980. The van der Waals surface area contributed by atoms with E-state index in [4.69, 9.17) is 19.5 Å². The van der Waals surface area contributed by atoms with Crippen LogP contribution in [-0.2, 0) is 26.4 Å². The van der Waals surface area contributed by atoms with Crippen LogP contribution in [0.3, 0.4) is 0 Å². The predicted molar refractivity (Wildman–Crippen MR) is 239 cm³/mol. The molecule has 4 atom stereocenters. The van der Waals surface area contributed by atoms with Crippen LogP contribution in [0.4, 0.5) is 17.1 Å². The van der Waals surface area contributed by atoms with Gasteiger partial charge in [-0.1, -0.05) is 18.2 Å². The van der Waals surface area contributed by atoms with Crippen molar-refractivity contribution in [2.75, 3.05) is 33.5 Å². The van der Waals surface area contributed by atoms with Crippen molar-refractivity contribution >= 4 is 48.6 Å². The number of aromatic carboxylic acids is 1. The number of aromatic hydroxyl groups is 1. The number of sulfonamides is 1. The van der Waals surface area contributed by atoms with Crippen LogP contribution in [0.2, 0.25) is 0 Å². The van der Waals surface area contributed by atoms with Crippen LogP contribution in [-0.4, -0.2) is 89.2 Å². The van der Waals surface area contributed by atoms with Gasteiger partial charge in [0.1, 0.15) is 29.0 Å². The van der Waals surface area contributed by atoms with E-state index in [9.17, 15) is 31.8 Å². The van der Waals surface area contributed by atoms with Gasteiger partial charge < -0.3 is 39.4 Å². The predicted octanol–water partition coefficient (Wildman–Crippen LogP) is 6.27. The molecule has 4 aliphatic rings. The minimum Gasteiger partial charge on any atom is -0.507 e. The van der Waals surface area contributed by atoms with E-state index in [2.05, 4.69) is 27.9 Å². The molecule has 18 heteroatoms. The number of fused-ring (bicyclic) bond motifs is 2. The molecule has 0 spiro atoms. The molecule has 3 aromatic carbocycles. The van der Waals surface area contributed by atoms with Crippen molar-refractivity contribution in [3.05, 3.63) is 143 Å². The Morgan fingerprint density at radius 3 is 2.51 bits per heavy atom. The molecule has 6 heterocycles. The number of carboxylic acids is 1. The normalized spacial score (nSPS) is 20.9. The van der Waals surface area contributed by atoms with E-state index in [0.29, 0.717) is 35.1 Å². The number of hydrogen-bond donors (Lipinski definition) is 4. The van der Waals surface area contributed by atoms with Gasteiger partial charge in [0, 0.05) is 66.0 Å². The fraction of sp³-hybridized carbons (Fsp3) is 0.267. The summed E-state index contributed by atoms with van der Waals surface area (Å²) >= 11 is 0. The molecule has 0 aliphatic carbocycles. The fourth-order valence-corrected chi connectivity index (χ4v) is 12.6. The summed E-state index contributed by atoms with van der Waals surface area (Å²) in [5.74, 6) is -0.150. The zero-order valence-electron chi connectivity index (χ0n) is 34.8. The lowest BCUT2D eigenvalue weighted by Gasteiger charge is -2.34. The van der Waals surface area contributed by atoms with Crippen LogP contribution in [0.25, 0.3) is 5.69 Å². The monoisotopic (exact) mass is 891 g/mol. The summed E-state index contributed by atoms with van der Waals surface area (Å²) in [6.07, 6.45) is 6.71. The number of aliphatic imine (C=N–C) groups is 1. The van der Waals surface area contributed by atoms with Crippen LogP contribution >= 0.6 is 0 Å². The van der Waals surface area contributed by atoms with Gasteiger partial charge in [-0.2, -0.15) is 0 Å². The van der Waals surface area contributed by atoms with E-state index in [-0.39, 0.29) is 35.3 Å². The van der Waals surface area contributed by atoms with Crippen LogP contribution < -0.4 is 24.4 Å². The standard InChI is InChI=1S/C45H45N7O9S2/c1-26-7-5-9-40-48-42(41-29(8-6-19-46-41)24-50(4)32-13-10-30(11-14-32)49-63(58,59)34-18-20-62(56,57)25-34)43(52(26)40)47-31-12-17-38-39(22-31)61-45(60-38)35-21-27(2)51(28(35)3)33-15-16-37(53)36(23-33)44(54)55/h5-17,19,21-23,26,34,43,45,47,49,53H,18,20,24-25H2,1-4H3,(H,54,55). The molecule has 0 bridgehead atoms. The Balaban J connectivity index is 0.934. The van der Waals surface area contributed by atoms with E-state index in [1.807, 2.05) is 91.0 Å². The number of nitrogens with zero attached hydrogens (tertiary/aromatic N) is 5. The topological polar surface area (TPSA) is 205 Å². The maximum atomic E-state index is 12.9. The van der Waals surface area contributed by atoms with Gasteiger partial charge in [0.15, 0.2) is 21.3 Å². The fourth-order valence-electron chi connectivity index (χ4n) is 8.55. The highest BCUT2D eigenvalue weighted by Crippen LogP contribution is 2.44. The third-order valence-electron chi connectivity index (χ3n) is 11.8. The molecular formula is C45H45N7O9S2. The molecule has 9 rings (SSSR count). The Hall–Kier alpha value is -6.79. The largest absolute Gasteiger partial charge is 0.507 e. The molecule has 1 fully saturated rings. The number of ether oxygens (including phenoxy) is 2. The number of carbonyl (C=O) groups is 1. The second kappa shape index (κ2) is 15.8. The lowest BCUT2D eigenvalue weighted by molar-refractivity contribution is 0.0481. The number of anilines is 3. The zero-order chi connectivity index (χ0) is 44.4. The van der Waals surface area contributed by atoms with Gasteiger partial charge in [-0.15, -0.1) is 0 Å². The molecule has 0 saturated carbocycles. The summed E-state index contributed by atoms with van der Waals surface area (Å²) in [6.45, 7) is 6.36. The van der Waals surface area contributed by atoms with Gasteiger partial charge in [0.25, 0.3) is 6.29 Å². The number of hydrogen-bond acceptors (Lipinski definition) is 13. The Kier molecular flexibility index (Phi) is 10.4. The Labute approximate surface area is 364 Å². The molecule has 4 aliphatic heterocycles. The minimum absolute atomic E-state index is 0.00129. The van der Waals surface area contributed by atoms with E-state index in [0.717, 1.165) is 45.4 Å². The van der Waals surface area contributed by atoms with E-state index >= 15 is 0 Å². The first-order chi connectivity index (χ1) is 30.0. The first kappa shape index (κ1) is 41.6. The van der Waals surface area contributed by atoms with Crippen LogP contribution in [0.15, 0.2) is 114 Å². The molecule has 4 unspecified atom stereocenters. The molecule has 5 aromatic rings. The minimum atomic E-state index is -3.87. The Morgan fingerprint density at radius 1 is 1.00 bits per heavy atom. The van der Waals surface area contributed by atoms with Crippen molar-refractivity contribution in [1.82, 2.24) is 14.5 Å². The number of rotatable bonds is 12. The van der Waals surface area contributed by atoms with Crippen molar-refractivity contribution < 1.29 is 41.3 Å². The van der Waals surface area contributed by atoms with Crippen LogP contribution in [0.5, 0.6) is 17.2 Å². The summed E-state index contributed by atoms with van der Waals surface area (Å²) in [5, 5.41) is 22.4. The van der Waals surface area contributed by atoms with Crippen molar-refractivity contribution in [3.63, 3.8) is 0 Å². The highest BCUT2D eigenvalue weighted by atomic mass is 32.2. The number of allylic oxidation sites excluding steroid dienone is 2. The first-order valence-corrected chi connectivity index (χ1v) is 23.6. The molecular weight excluding hydrogens is 847 g/mol. The second-order valence-electron chi connectivity index (χ2n) is 16.1. The summed E-state index contributed by atoms with van der Waals surface area (Å²) in [6, 6.07) is 22.9. The average molecular weight is 892 g/mol. The van der Waals surface area contributed by atoms with E-state index in [1.165, 1.54) is 12.1 Å². The van der Waals surface area contributed by atoms with Gasteiger partial charge in [0.05, 0.1) is 28.0 Å². The van der Waals surface area contributed by atoms with Crippen molar-refractivity contribution in [1.29, 1.82) is 0 Å². The molecule has 16 nitrogen and oxygen atoms in total. The number of aryl methyl sites for hydroxylation is 1. The molecule has 1 saturated heterocycles. The summed E-state index contributed by atoms with van der Waals surface area (Å²) in [4.78, 5) is 26.0. The number of phenols is 1. The van der Waals surface area contributed by atoms with Gasteiger partial charge >= 0.3 is 5.97 Å². The zero-order valence-corrected chi connectivity index (χ0v) is 36.4. The number of pyridine rings is 1. The highest BCUT2D eigenvalue weighted by Gasteiger charge is 2.39. The molecule has 63 heavy (non-hydrogen) atoms. The lowest BCUT2D eigenvalue weighted by atomic mass is 10.0. The van der Waals surface area contributed by atoms with Gasteiger partial charge in [0.2, 0.25) is 10.0 Å². The maximum Gasteiger partial charge on any atom is 0.339 e. The van der Waals surface area contributed by atoms with Crippen molar-refractivity contribution in [3.8, 4) is 22.9 Å². The van der Waals surface area contributed by atoms with Gasteiger partial charge in [-0.3, -0.25) is 9.71 Å². The summed E-state index contributed by atoms with van der Waals surface area (Å²) in [5.41, 5.74) is 7.06. The quantitative estimate of drug-likeness (QED) is 0.109. The average Bonchev–Trinajstić information content (AvgIpc) is 4.01. The van der Waals surface area contributed by atoms with Crippen molar-refractivity contribution in [2.45, 2.75) is 57.5 Å². The maximum absolute atomic E-state index is 12.9. The van der Waals surface area contributed by atoms with E-state index in [1.54, 1.807) is 24.4 Å². The molecule has 2 aromatic heterocycles. The first-order valence-electron chi connectivity index (χ1n) is 20.3. The molecule has 0 amide bonds.